The van der Waals surface area contributed by atoms with E-state index in [0.717, 1.165) is 6.07 Å². The van der Waals surface area contributed by atoms with Crippen molar-refractivity contribution < 1.29 is 23.0 Å². The van der Waals surface area contributed by atoms with Crippen molar-refractivity contribution in [2.24, 2.45) is 0 Å². The molecule has 84 valence electrons. The standard InChI is InChI=1S/C9H8ClF3O2/c1-15-7-3-2-5(10)4-6(7)8(14)9(11,12)13/h2-4,8,14H,1H3/t8-/m1/s1. The Morgan fingerprint density at radius 3 is 2.47 bits per heavy atom. The number of ether oxygens (including phenoxy) is 1. The molecule has 1 aromatic rings. The normalized spacial score (nSPS) is 13.7. The first-order valence-corrected chi connectivity index (χ1v) is 4.32. The van der Waals surface area contributed by atoms with Crippen LogP contribution in [0.5, 0.6) is 5.75 Å². The van der Waals surface area contributed by atoms with Gasteiger partial charge in [0, 0.05) is 10.6 Å². The van der Waals surface area contributed by atoms with Gasteiger partial charge in [0.2, 0.25) is 0 Å². The lowest BCUT2D eigenvalue weighted by Crippen LogP contribution is -2.20. The summed E-state index contributed by atoms with van der Waals surface area (Å²) in [6, 6.07) is 3.68. The summed E-state index contributed by atoms with van der Waals surface area (Å²) >= 11 is 5.53. The predicted molar refractivity (Wildman–Crippen MR) is 49.0 cm³/mol. The fraction of sp³-hybridized carbons (Fsp3) is 0.333. The average molecular weight is 241 g/mol. The van der Waals surface area contributed by atoms with E-state index in [9.17, 15) is 13.2 Å². The van der Waals surface area contributed by atoms with Gasteiger partial charge in [0.15, 0.2) is 6.10 Å². The van der Waals surface area contributed by atoms with Gasteiger partial charge in [-0.2, -0.15) is 13.2 Å². The second kappa shape index (κ2) is 4.28. The molecule has 0 unspecified atom stereocenters. The highest BCUT2D eigenvalue weighted by Gasteiger charge is 2.41. The van der Waals surface area contributed by atoms with Gasteiger partial charge in [0.25, 0.3) is 0 Å². The Morgan fingerprint density at radius 1 is 1.40 bits per heavy atom. The molecule has 0 aliphatic carbocycles. The molecule has 0 saturated heterocycles. The monoisotopic (exact) mass is 240 g/mol. The van der Waals surface area contributed by atoms with Crippen molar-refractivity contribution >= 4 is 11.6 Å². The Kier molecular flexibility index (Phi) is 3.46. The van der Waals surface area contributed by atoms with Crippen molar-refractivity contribution in [1.29, 1.82) is 0 Å². The lowest BCUT2D eigenvalue weighted by molar-refractivity contribution is -0.207. The number of alkyl halides is 3. The zero-order valence-corrected chi connectivity index (χ0v) is 8.43. The number of aliphatic hydroxyl groups excluding tert-OH is 1. The maximum Gasteiger partial charge on any atom is 0.418 e. The predicted octanol–water partition coefficient (Wildman–Crippen LogP) is 2.94. The summed E-state index contributed by atoms with van der Waals surface area (Å²) < 4.78 is 41.4. The van der Waals surface area contributed by atoms with Crippen LogP contribution in [0, 0.1) is 0 Å². The molecule has 0 heterocycles. The van der Waals surface area contributed by atoms with Crippen LogP contribution in [0.2, 0.25) is 5.02 Å². The minimum Gasteiger partial charge on any atom is -0.496 e. The van der Waals surface area contributed by atoms with Crippen LogP contribution >= 0.6 is 11.6 Å². The third kappa shape index (κ3) is 2.76. The van der Waals surface area contributed by atoms with Crippen molar-refractivity contribution in [2.75, 3.05) is 7.11 Å². The number of aliphatic hydroxyl groups is 1. The second-order valence-electron chi connectivity index (χ2n) is 2.83. The maximum atomic E-state index is 12.2. The molecule has 1 aromatic carbocycles. The van der Waals surface area contributed by atoms with E-state index in [-0.39, 0.29) is 10.8 Å². The van der Waals surface area contributed by atoms with Gasteiger partial charge in [-0.15, -0.1) is 0 Å². The molecule has 0 aliphatic rings. The third-order valence-corrected chi connectivity index (χ3v) is 2.03. The van der Waals surface area contributed by atoms with Crippen molar-refractivity contribution in [2.45, 2.75) is 12.3 Å². The van der Waals surface area contributed by atoms with Gasteiger partial charge in [-0.1, -0.05) is 11.6 Å². The van der Waals surface area contributed by atoms with Crippen LogP contribution in [0.25, 0.3) is 0 Å². The van der Waals surface area contributed by atoms with Crippen LogP contribution < -0.4 is 4.74 Å². The largest absolute Gasteiger partial charge is 0.496 e. The van der Waals surface area contributed by atoms with Gasteiger partial charge in [0.05, 0.1) is 7.11 Å². The van der Waals surface area contributed by atoms with Crippen molar-refractivity contribution in [1.82, 2.24) is 0 Å². The smallest absolute Gasteiger partial charge is 0.418 e. The number of methoxy groups -OCH3 is 1. The van der Waals surface area contributed by atoms with Gasteiger partial charge in [0.1, 0.15) is 5.75 Å². The summed E-state index contributed by atoms with van der Waals surface area (Å²) in [4.78, 5) is 0. The Labute approximate surface area is 89.2 Å². The molecule has 1 atom stereocenters. The number of hydrogen-bond acceptors (Lipinski definition) is 2. The molecule has 6 heteroatoms. The first-order chi connectivity index (χ1) is 6.86. The average Bonchev–Trinajstić information content (AvgIpc) is 2.15. The summed E-state index contributed by atoms with van der Waals surface area (Å²) in [5.74, 6) is -0.0516. The first-order valence-electron chi connectivity index (χ1n) is 3.94. The zero-order valence-electron chi connectivity index (χ0n) is 7.68. The molecule has 0 fully saturated rings. The Balaban J connectivity index is 3.17. The van der Waals surface area contributed by atoms with Crippen LogP contribution in [0.4, 0.5) is 13.2 Å². The highest BCUT2D eigenvalue weighted by Crippen LogP contribution is 2.38. The number of hydrogen-bond donors (Lipinski definition) is 1. The van der Waals surface area contributed by atoms with Crippen LogP contribution in [0.15, 0.2) is 18.2 Å². The second-order valence-corrected chi connectivity index (χ2v) is 3.27. The van der Waals surface area contributed by atoms with Crippen molar-refractivity contribution in [3.05, 3.63) is 28.8 Å². The fourth-order valence-corrected chi connectivity index (χ4v) is 1.28. The molecular formula is C9H8ClF3O2. The van der Waals surface area contributed by atoms with E-state index in [0.29, 0.717) is 0 Å². The van der Waals surface area contributed by atoms with Gasteiger partial charge in [-0.3, -0.25) is 0 Å². The van der Waals surface area contributed by atoms with Crippen LogP contribution in [0.1, 0.15) is 11.7 Å². The van der Waals surface area contributed by atoms with Crippen LogP contribution in [0.3, 0.4) is 0 Å². The summed E-state index contributed by atoms with van der Waals surface area (Å²) in [5, 5.41) is 9.14. The SMILES string of the molecule is COc1ccc(Cl)cc1[C@@H](O)C(F)(F)F. The highest BCUT2D eigenvalue weighted by molar-refractivity contribution is 6.30. The van der Waals surface area contributed by atoms with Gasteiger partial charge < -0.3 is 9.84 Å². The van der Waals surface area contributed by atoms with Crippen molar-refractivity contribution in [3.8, 4) is 5.75 Å². The van der Waals surface area contributed by atoms with Gasteiger partial charge >= 0.3 is 6.18 Å². The minimum atomic E-state index is -4.74. The van der Waals surface area contributed by atoms with Crippen molar-refractivity contribution in [3.63, 3.8) is 0 Å². The molecule has 1 N–H and O–H groups in total. The summed E-state index contributed by atoms with van der Waals surface area (Å²) in [6.07, 6.45) is -7.33. The highest BCUT2D eigenvalue weighted by atomic mass is 35.5. The fourth-order valence-electron chi connectivity index (χ4n) is 1.10. The molecular weight excluding hydrogens is 233 g/mol. The lowest BCUT2D eigenvalue weighted by atomic mass is 10.1. The molecule has 1 rings (SSSR count). The molecule has 15 heavy (non-hydrogen) atoms. The van der Waals surface area contributed by atoms with E-state index in [1.165, 1.54) is 19.2 Å². The Bertz CT molecular complexity index is 352. The van der Waals surface area contributed by atoms with E-state index >= 15 is 0 Å². The molecule has 0 aliphatic heterocycles. The molecule has 0 spiro atoms. The number of benzene rings is 1. The molecule has 0 radical (unpaired) electrons. The Morgan fingerprint density at radius 2 is 2.00 bits per heavy atom. The maximum absolute atomic E-state index is 12.2. The topological polar surface area (TPSA) is 29.5 Å². The number of rotatable bonds is 2. The zero-order chi connectivity index (χ0) is 11.6. The van der Waals surface area contributed by atoms with Gasteiger partial charge in [-0.25, -0.2) is 0 Å². The third-order valence-electron chi connectivity index (χ3n) is 1.80. The van der Waals surface area contributed by atoms with E-state index in [4.69, 9.17) is 21.4 Å². The summed E-state index contributed by atoms with van der Waals surface area (Å²) in [6.45, 7) is 0. The van der Waals surface area contributed by atoms with Crippen LogP contribution in [-0.2, 0) is 0 Å². The van der Waals surface area contributed by atoms with Crippen LogP contribution in [-0.4, -0.2) is 18.4 Å². The minimum absolute atomic E-state index is 0.0516. The number of halogens is 4. The first kappa shape index (κ1) is 12.1. The van der Waals surface area contributed by atoms with E-state index in [1.54, 1.807) is 0 Å². The summed E-state index contributed by atoms with van der Waals surface area (Å²) in [5.41, 5.74) is -0.391. The lowest BCUT2D eigenvalue weighted by Gasteiger charge is -2.17. The summed E-state index contributed by atoms with van der Waals surface area (Å²) in [7, 11) is 1.22. The molecule has 0 bridgehead atoms. The molecule has 0 amide bonds. The molecule has 2 nitrogen and oxygen atoms in total. The van der Waals surface area contributed by atoms with E-state index in [1.807, 2.05) is 0 Å². The Hall–Kier alpha value is -0.940. The van der Waals surface area contributed by atoms with E-state index in [2.05, 4.69) is 0 Å². The molecule has 0 saturated carbocycles. The molecule has 0 aromatic heterocycles. The van der Waals surface area contributed by atoms with E-state index < -0.39 is 17.8 Å². The van der Waals surface area contributed by atoms with Gasteiger partial charge in [-0.05, 0) is 18.2 Å². The quantitative estimate of drug-likeness (QED) is 0.861.